The number of hydrogen-bond acceptors (Lipinski definition) is 17. The van der Waals surface area contributed by atoms with Crippen molar-refractivity contribution in [1.29, 1.82) is 0 Å². The topological polar surface area (TPSA) is 307 Å². The minimum absolute atomic E-state index is 0.114. The van der Waals surface area contributed by atoms with Crippen LogP contribution in [0.3, 0.4) is 0 Å². The fourth-order valence-electron chi connectivity index (χ4n) is 6.16. The molecule has 17 nitrogen and oxygen atoms in total. The molecule has 0 bridgehead atoms. The first-order valence-electron chi connectivity index (χ1n) is 14.9. The van der Waals surface area contributed by atoms with Crippen LogP contribution in [0.15, 0.2) is 0 Å². The van der Waals surface area contributed by atoms with Crippen LogP contribution >= 0.6 is 0 Å². The fourth-order valence-corrected chi connectivity index (χ4v) is 6.16. The van der Waals surface area contributed by atoms with Gasteiger partial charge in [-0.3, -0.25) is 0 Å². The molecule has 3 saturated heterocycles. The zero-order chi connectivity index (χ0) is 31.7. The normalized spacial score (nSPS) is 52.7. The zero-order valence-corrected chi connectivity index (χ0v) is 24.4. The van der Waals surface area contributed by atoms with E-state index in [1.54, 1.807) is 21.0 Å². The first kappa shape index (κ1) is 35.2. The maximum atomic E-state index is 11.3. The molecule has 0 aromatic heterocycles. The molecular weight excluding hydrogens is 573 g/mol. The molecule has 16 N–H and O–H groups in total. The molecule has 3 heterocycles. The Morgan fingerprint density at radius 1 is 0.628 bits per heavy atom. The number of ether oxygens (including phenoxy) is 6. The third kappa shape index (κ3) is 7.21. The molecule has 4 aliphatic rings. The molecule has 0 spiro atoms. The summed E-state index contributed by atoms with van der Waals surface area (Å²) in [6.45, 7) is 3.43. The van der Waals surface area contributed by atoms with Crippen molar-refractivity contribution >= 4 is 7.28 Å². The molecule has 1 saturated carbocycles. The molecule has 1 radical (unpaired) electrons. The third-order valence-corrected chi connectivity index (χ3v) is 8.83. The summed E-state index contributed by atoms with van der Waals surface area (Å²) in [4.78, 5) is 0. The lowest BCUT2D eigenvalue weighted by molar-refractivity contribution is -0.308. The summed E-state index contributed by atoms with van der Waals surface area (Å²) in [7, 11) is 1.79. The van der Waals surface area contributed by atoms with E-state index in [0.29, 0.717) is 12.7 Å². The zero-order valence-electron chi connectivity index (χ0n) is 24.4. The average molecular weight is 623 g/mol. The van der Waals surface area contributed by atoms with Gasteiger partial charge in [0.2, 0.25) is 0 Å². The van der Waals surface area contributed by atoms with Crippen LogP contribution in [0, 0.1) is 0 Å². The van der Waals surface area contributed by atoms with Gasteiger partial charge in [-0.25, -0.2) is 0 Å². The molecule has 4 fully saturated rings. The molecule has 1 aliphatic carbocycles. The van der Waals surface area contributed by atoms with Gasteiger partial charge in [-0.1, -0.05) is 20.1 Å². The maximum Gasteiger partial charge on any atom is 0.187 e. The minimum Gasteiger partial charge on any atom is -0.389 e. The van der Waals surface area contributed by atoms with Gasteiger partial charge in [0, 0.05) is 18.6 Å². The quantitative estimate of drug-likeness (QED) is 0.101. The Morgan fingerprint density at radius 2 is 1.14 bits per heavy atom. The van der Waals surface area contributed by atoms with Gasteiger partial charge in [0.1, 0.15) is 62.2 Å². The molecule has 0 amide bonds. The number of aliphatic hydroxyl groups is 6. The van der Waals surface area contributed by atoms with Gasteiger partial charge in [0.05, 0.1) is 30.4 Å². The molecule has 0 aromatic carbocycles. The van der Waals surface area contributed by atoms with Crippen LogP contribution in [-0.2, 0) is 28.4 Å². The van der Waals surface area contributed by atoms with E-state index in [2.05, 4.69) is 0 Å². The van der Waals surface area contributed by atoms with Crippen molar-refractivity contribution in [1.82, 2.24) is 0 Å². The second kappa shape index (κ2) is 14.9. The molecule has 249 valence electrons. The van der Waals surface area contributed by atoms with Gasteiger partial charge in [-0.2, -0.15) is 0 Å². The Bertz CT molecular complexity index is 886. The Kier molecular flexibility index (Phi) is 12.2. The monoisotopic (exact) mass is 622 g/mol. The van der Waals surface area contributed by atoms with Crippen LogP contribution in [0.1, 0.15) is 19.8 Å². The predicted molar refractivity (Wildman–Crippen MR) is 149 cm³/mol. The largest absolute Gasteiger partial charge is 0.389 e. The van der Waals surface area contributed by atoms with Gasteiger partial charge in [0.15, 0.2) is 18.9 Å². The summed E-state index contributed by atoms with van der Waals surface area (Å²) in [5.41, 5.74) is 30.4. The molecule has 43 heavy (non-hydrogen) atoms. The van der Waals surface area contributed by atoms with Gasteiger partial charge in [-0.15, -0.1) is 0 Å². The fraction of sp³-hybridized carbons (Fsp3) is 1.00. The van der Waals surface area contributed by atoms with Crippen molar-refractivity contribution in [3.05, 3.63) is 0 Å². The summed E-state index contributed by atoms with van der Waals surface area (Å²) < 4.78 is 35.8. The summed E-state index contributed by atoms with van der Waals surface area (Å²) in [6.07, 6.45) is -16.9. The molecule has 19 atom stereocenters. The van der Waals surface area contributed by atoms with Crippen molar-refractivity contribution in [2.75, 3.05) is 6.54 Å². The van der Waals surface area contributed by atoms with E-state index >= 15 is 0 Å². The van der Waals surface area contributed by atoms with E-state index in [4.69, 9.17) is 57.1 Å². The lowest BCUT2D eigenvalue weighted by Gasteiger charge is -2.47. The minimum atomic E-state index is -1.45. The lowest BCUT2D eigenvalue weighted by Crippen LogP contribution is -2.67. The molecule has 3 aliphatic heterocycles. The number of aliphatic hydroxyl groups excluding tert-OH is 6. The molecule has 0 aromatic rings. The molecular formula is C25H49BN5O12. The molecule has 18 heteroatoms. The second-order valence-electron chi connectivity index (χ2n) is 11.9. The van der Waals surface area contributed by atoms with E-state index in [9.17, 15) is 30.6 Å². The van der Waals surface area contributed by atoms with E-state index in [0.717, 1.165) is 0 Å². The van der Waals surface area contributed by atoms with Gasteiger partial charge in [-0.05, 0) is 12.8 Å². The SMILES string of the molecule is C[B]CC1OC(O[C@@H]2[C@H](O)C(N)CC(N)[C@H]2OC2OC(CC)C(O)[C@@H](O)[C@@H]2N)[C@@H](O)[C@H]1OC1O[C@@H](CN)C(O)C(O)C1N. The van der Waals surface area contributed by atoms with Crippen LogP contribution in [0.2, 0.25) is 13.1 Å². The first-order chi connectivity index (χ1) is 20.3. The third-order valence-electron chi connectivity index (χ3n) is 8.83. The Morgan fingerprint density at radius 3 is 1.70 bits per heavy atom. The van der Waals surface area contributed by atoms with Gasteiger partial charge < -0.3 is 87.7 Å². The maximum absolute atomic E-state index is 11.3. The van der Waals surface area contributed by atoms with Crippen LogP contribution < -0.4 is 28.7 Å². The smallest absolute Gasteiger partial charge is 0.187 e. The highest BCUT2D eigenvalue weighted by Gasteiger charge is 2.54. The van der Waals surface area contributed by atoms with E-state index in [1.165, 1.54) is 0 Å². The Labute approximate surface area is 251 Å². The summed E-state index contributed by atoms with van der Waals surface area (Å²) >= 11 is 0. The van der Waals surface area contributed by atoms with Crippen molar-refractivity contribution in [2.24, 2.45) is 28.7 Å². The highest BCUT2D eigenvalue weighted by molar-refractivity contribution is 6.33. The van der Waals surface area contributed by atoms with Crippen molar-refractivity contribution in [2.45, 2.75) is 149 Å². The average Bonchev–Trinajstić information content (AvgIpc) is 3.26. The summed E-state index contributed by atoms with van der Waals surface area (Å²) in [6, 6.07) is -3.88. The van der Waals surface area contributed by atoms with E-state index < -0.39 is 116 Å². The predicted octanol–water partition coefficient (Wildman–Crippen LogP) is -6.27. The van der Waals surface area contributed by atoms with Gasteiger partial charge >= 0.3 is 0 Å². The van der Waals surface area contributed by atoms with Crippen LogP contribution in [0.25, 0.3) is 0 Å². The van der Waals surface area contributed by atoms with E-state index in [1.807, 2.05) is 0 Å². The molecule has 11 unspecified atom stereocenters. The van der Waals surface area contributed by atoms with Crippen molar-refractivity contribution in [3.63, 3.8) is 0 Å². The summed E-state index contributed by atoms with van der Waals surface area (Å²) in [5.74, 6) is 0. The number of rotatable bonds is 10. The van der Waals surface area contributed by atoms with Gasteiger partial charge in [0.25, 0.3) is 0 Å². The Hall–Kier alpha value is -0.615. The van der Waals surface area contributed by atoms with Crippen molar-refractivity contribution < 1.29 is 59.1 Å². The lowest BCUT2D eigenvalue weighted by atomic mass is 9.74. The number of nitrogens with two attached hydrogens (primary N) is 5. The number of hydrogen-bond donors (Lipinski definition) is 11. The van der Waals surface area contributed by atoms with Crippen LogP contribution in [0.4, 0.5) is 0 Å². The van der Waals surface area contributed by atoms with E-state index in [-0.39, 0.29) is 13.0 Å². The summed E-state index contributed by atoms with van der Waals surface area (Å²) in [5, 5.41) is 63.7. The second-order valence-corrected chi connectivity index (χ2v) is 11.9. The first-order valence-corrected chi connectivity index (χ1v) is 14.9. The van der Waals surface area contributed by atoms with Crippen LogP contribution in [0.5, 0.6) is 0 Å². The standard InChI is InChI=1S/C25H49BN5O12/c1-3-9-15(33)17(35)12(30)23(38-9)41-20-8(29)4-7(28)14(32)22(20)43-25-19(37)21(10(39-25)5-26-2)42-24-13(31)18(36)16(34)11(6-27)40-24/h7-25,32-37H,3-6,27-31H2,1-2H3/t7?,8?,9?,10?,11-,12-,13?,14+,15?,16?,17-,18?,19-,20+,21-,22+,23?,24?,25?/m0/s1. The van der Waals surface area contributed by atoms with Crippen LogP contribution in [-0.4, -0.2) is 161 Å². The van der Waals surface area contributed by atoms with Crippen molar-refractivity contribution in [3.8, 4) is 0 Å². The molecule has 4 rings (SSSR count). The highest BCUT2D eigenvalue weighted by atomic mass is 16.8. The highest BCUT2D eigenvalue weighted by Crippen LogP contribution is 2.35. The Balaban J connectivity index is 1.51.